The van der Waals surface area contributed by atoms with Crippen molar-refractivity contribution < 1.29 is 4.79 Å². The predicted molar refractivity (Wildman–Crippen MR) is 128 cm³/mol. The highest BCUT2D eigenvalue weighted by Gasteiger charge is 2.37. The highest BCUT2D eigenvalue weighted by Crippen LogP contribution is 2.35. The van der Waals surface area contributed by atoms with Gasteiger partial charge in [-0.3, -0.25) is 9.79 Å². The largest absolute Gasteiger partial charge is 0.357 e. The van der Waals surface area contributed by atoms with E-state index in [2.05, 4.69) is 43.5 Å². The van der Waals surface area contributed by atoms with Crippen molar-refractivity contribution in [3.63, 3.8) is 0 Å². The molecule has 0 bridgehead atoms. The van der Waals surface area contributed by atoms with Crippen molar-refractivity contribution in [1.29, 1.82) is 0 Å². The van der Waals surface area contributed by atoms with Crippen molar-refractivity contribution in [1.82, 2.24) is 20.4 Å². The number of halogens is 1. The third-order valence-corrected chi connectivity index (χ3v) is 6.23. The van der Waals surface area contributed by atoms with Crippen LogP contribution in [-0.4, -0.2) is 73.5 Å². The first-order chi connectivity index (χ1) is 12.8. The van der Waals surface area contributed by atoms with E-state index in [0.29, 0.717) is 0 Å². The van der Waals surface area contributed by atoms with Gasteiger partial charge in [-0.15, -0.1) is 24.0 Å². The lowest BCUT2D eigenvalue weighted by Crippen LogP contribution is -2.51. The van der Waals surface area contributed by atoms with Gasteiger partial charge < -0.3 is 20.4 Å². The Hall–Kier alpha value is -0.570. The molecule has 1 saturated heterocycles. The minimum Gasteiger partial charge on any atom is -0.357 e. The van der Waals surface area contributed by atoms with Gasteiger partial charge in [0.2, 0.25) is 5.91 Å². The van der Waals surface area contributed by atoms with E-state index in [-0.39, 0.29) is 47.4 Å². The summed E-state index contributed by atoms with van der Waals surface area (Å²) in [4.78, 5) is 21.6. The summed E-state index contributed by atoms with van der Waals surface area (Å²) >= 11 is 0. The molecule has 0 aromatic rings. The highest BCUT2D eigenvalue weighted by molar-refractivity contribution is 14.0. The van der Waals surface area contributed by atoms with E-state index >= 15 is 0 Å². The number of rotatable bonds is 6. The lowest BCUT2D eigenvalue weighted by atomic mass is 9.75. The molecule has 3 atom stereocenters. The molecule has 3 unspecified atom stereocenters. The molecule has 0 spiro atoms. The number of likely N-dealkylation sites (N-methyl/N-ethyl adjacent to an activating group) is 1. The van der Waals surface area contributed by atoms with Crippen LogP contribution < -0.4 is 10.6 Å². The second kappa shape index (κ2) is 11.6. The smallest absolute Gasteiger partial charge is 0.225 e. The summed E-state index contributed by atoms with van der Waals surface area (Å²) in [5, 5.41) is 6.97. The maximum atomic E-state index is 12.2. The summed E-state index contributed by atoms with van der Waals surface area (Å²) in [6.45, 7) is 11.7. The Labute approximate surface area is 189 Å². The van der Waals surface area contributed by atoms with Crippen LogP contribution in [0.4, 0.5) is 0 Å². The maximum absolute atomic E-state index is 12.2. The molecule has 28 heavy (non-hydrogen) atoms. The molecule has 2 rings (SSSR count). The molecule has 2 aliphatic rings. The quantitative estimate of drug-likeness (QED) is 0.330. The number of hydrogen-bond acceptors (Lipinski definition) is 3. The van der Waals surface area contributed by atoms with Crippen molar-refractivity contribution in [3.05, 3.63) is 0 Å². The molecule has 0 radical (unpaired) electrons. The average Bonchev–Trinajstić information content (AvgIpc) is 3.07. The first kappa shape index (κ1) is 25.5. The molecule has 7 heteroatoms. The lowest BCUT2D eigenvalue weighted by molar-refractivity contribution is -0.133. The Morgan fingerprint density at radius 2 is 2.04 bits per heavy atom. The molecule has 6 nitrogen and oxygen atoms in total. The molecule has 2 N–H and O–H groups in total. The van der Waals surface area contributed by atoms with Crippen molar-refractivity contribution >= 4 is 35.8 Å². The first-order valence-corrected chi connectivity index (χ1v) is 10.8. The number of nitrogens with one attached hydrogen (secondary N) is 2. The minimum atomic E-state index is 0. The third kappa shape index (κ3) is 6.75. The van der Waals surface area contributed by atoms with Gasteiger partial charge in [-0.1, -0.05) is 33.6 Å². The van der Waals surface area contributed by atoms with Gasteiger partial charge >= 0.3 is 0 Å². The zero-order valence-electron chi connectivity index (χ0n) is 18.8. The van der Waals surface area contributed by atoms with Gasteiger partial charge in [0.25, 0.3) is 0 Å². The lowest BCUT2D eigenvalue weighted by Gasteiger charge is -2.44. The van der Waals surface area contributed by atoms with Crippen LogP contribution in [-0.2, 0) is 4.79 Å². The number of carbonyl (C=O) groups excluding carboxylic acids is 1. The van der Waals surface area contributed by atoms with Gasteiger partial charge in [-0.25, -0.2) is 0 Å². The van der Waals surface area contributed by atoms with Crippen LogP contribution in [0.5, 0.6) is 0 Å². The molecule has 1 aliphatic carbocycles. The fourth-order valence-corrected chi connectivity index (χ4v) is 4.51. The molecule has 0 aromatic heterocycles. The van der Waals surface area contributed by atoms with Crippen molar-refractivity contribution in [2.45, 2.75) is 71.4 Å². The fourth-order valence-electron chi connectivity index (χ4n) is 4.51. The van der Waals surface area contributed by atoms with Crippen molar-refractivity contribution in [3.8, 4) is 0 Å². The van der Waals surface area contributed by atoms with Crippen LogP contribution in [0.1, 0.15) is 59.8 Å². The fraction of sp³-hybridized carbons (Fsp3) is 0.905. The maximum Gasteiger partial charge on any atom is 0.225 e. The molecule has 2 fully saturated rings. The second-order valence-electron chi connectivity index (χ2n) is 9.08. The third-order valence-electron chi connectivity index (χ3n) is 6.23. The van der Waals surface area contributed by atoms with E-state index in [4.69, 9.17) is 4.99 Å². The van der Waals surface area contributed by atoms with E-state index < -0.39 is 0 Å². The summed E-state index contributed by atoms with van der Waals surface area (Å²) in [7, 11) is 4.39. The summed E-state index contributed by atoms with van der Waals surface area (Å²) in [6.07, 6.45) is 6.03. The normalized spacial score (nSPS) is 28.4. The van der Waals surface area contributed by atoms with E-state index in [0.717, 1.165) is 44.5 Å². The van der Waals surface area contributed by atoms with Gasteiger partial charge in [0.1, 0.15) is 0 Å². The molecule has 1 saturated carbocycles. The van der Waals surface area contributed by atoms with Gasteiger partial charge in [0, 0.05) is 37.1 Å². The van der Waals surface area contributed by atoms with E-state index in [1.54, 1.807) is 0 Å². The van der Waals surface area contributed by atoms with E-state index in [1.807, 2.05) is 18.7 Å². The Morgan fingerprint density at radius 3 is 2.61 bits per heavy atom. The summed E-state index contributed by atoms with van der Waals surface area (Å²) in [6, 6.07) is 0.283. The molecule has 1 heterocycles. The van der Waals surface area contributed by atoms with E-state index in [9.17, 15) is 4.79 Å². The summed E-state index contributed by atoms with van der Waals surface area (Å²) < 4.78 is 0. The first-order valence-electron chi connectivity index (χ1n) is 10.8. The molecule has 1 aliphatic heterocycles. The topological polar surface area (TPSA) is 60.0 Å². The van der Waals surface area contributed by atoms with Crippen LogP contribution in [0.25, 0.3) is 0 Å². The zero-order valence-corrected chi connectivity index (χ0v) is 21.1. The van der Waals surface area contributed by atoms with Crippen LogP contribution in [0.3, 0.4) is 0 Å². The number of hydrogen-bond donors (Lipinski definition) is 2. The van der Waals surface area contributed by atoms with Gasteiger partial charge in [0.15, 0.2) is 5.96 Å². The minimum absolute atomic E-state index is 0. The highest BCUT2D eigenvalue weighted by atomic mass is 127. The number of nitrogens with zero attached hydrogens (tertiary/aromatic N) is 3. The Kier molecular flexibility index (Phi) is 10.5. The number of likely N-dealkylation sites (tertiary alicyclic amines) is 1. The number of carbonyl (C=O) groups is 1. The summed E-state index contributed by atoms with van der Waals surface area (Å²) in [5.41, 5.74) is 0.162. The Morgan fingerprint density at radius 1 is 1.32 bits per heavy atom. The van der Waals surface area contributed by atoms with Crippen LogP contribution in [0.15, 0.2) is 4.99 Å². The van der Waals surface area contributed by atoms with E-state index in [1.165, 1.54) is 25.7 Å². The second-order valence-corrected chi connectivity index (χ2v) is 9.08. The molecular weight excluding hydrogens is 465 g/mol. The van der Waals surface area contributed by atoms with Crippen LogP contribution >= 0.6 is 24.0 Å². The zero-order chi connectivity index (χ0) is 20.0. The molecule has 164 valence electrons. The summed E-state index contributed by atoms with van der Waals surface area (Å²) in [5.74, 6) is 1.97. The van der Waals surface area contributed by atoms with Gasteiger partial charge in [-0.05, 0) is 46.2 Å². The number of aliphatic imine (C=N–C) groups is 1. The standard InChI is InChI=1S/C21H41N5O.HI/c1-7-22-20(24-18-10-12-26(14-18)19(27)16(2)3)23-15-21(25(5)6)11-8-9-17(4)13-21;/h16-18H,7-15H2,1-6H3,(H2,22,23,24);1H. The Bertz CT molecular complexity index is 525. The monoisotopic (exact) mass is 507 g/mol. The van der Waals surface area contributed by atoms with Gasteiger partial charge in [0.05, 0.1) is 6.54 Å². The van der Waals surface area contributed by atoms with Crippen molar-refractivity contribution in [2.75, 3.05) is 40.3 Å². The average molecular weight is 508 g/mol. The van der Waals surface area contributed by atoms with Crippen molar-refractivity contribution in [2.24, 2.45) is 16.8 Å². The van der Waals surface area contributed by atoms with Gasteiger partial charge in [-0.2, -0.15) is 0 Å². The van der Waals surface area contributed by atoms with Crippen LogP contribution in [0, 0.1) is 11.8 Å². The SMILES string of the molecule is CCNC(=NCC1(N(C)C)CCCC(C)C1)NC1CCN(C(=O)C(C)C)C1.I. The number of guanidine groups is 1. The molecular formula is C21H42IN5O. The van der Waals surface area contributed by atoms with Crippen LogP contribution in [0.2, 0.25) is 0 Å². The Balaban J connectivity index is 0.00000392. The molecule has 1 amide bonds. The number of amides is 1. The molecule has 0 aromatic carbocycles. The predicted octanol–water partition coefficient (Wildman–Crippen LogP) is 2.93.